The summed E-state index contributed by atoms with van der Waals surface area (Å²) in [5.74, 6) is 2.29. The van der Waals surface area contributed by atoms with Crippen molar-refractivity contribution in [2.45, 2.75) is 20.3 Å². The van der Waals surface area contributed by atoms with Gasteiger partial charge in [-0.2, -0.15) is 0 Å². The van der Waals surface area contributed by atoms with Crippen molar-refractivity contribution < 1.29 is 0 Å². The summed E-state index contributed by atoms with van der Waals surface area (Å²) in [6.07, 6.45) is 1.34. The van der Waals surface area contributed by atoms with Crippen LogP contribution in [0.3, 0.4) is 0 Å². The Morgan fingerprint density at radius 3 is 2.77 bits per heavy atom. The molecule has 1 aliphatic heterocycles. The summed E-state index contributed by atoms with van der Waals surface area (Å²) in [5, 5.41) is 0. The van der Waals surface area contributed by atoms with E-state index in [1.807, 2.05) is 0 Å². The summed E-state index contributed by atoms with van der Waals surface area (Å²) < 4.78 is 0. The average Bonchev–Trinajstić information content (AvgIpc) is 2.52. The summed E-state index contributed by atoms with van der Waals surface area (Å²) in [7, 11) is 0. The predicted octanol–water partition coefficient (Wildman–Crippen LogP) is 2.76. The lowest BCUT2D eigenvalue weighted by molar-refractivity contribution is 0.324. The summed E-state index contributed by atoms with van der Waals surface area (Å²) in [4.78, 5) is 2.47. The van der Waals surface area contributed by atoms with Gasteiger partial charge in [-0.05, 0) is 30.4 Å². The van der Waals surface area contributed by atoms with E-state index in [9.17, 15) is 0 Å². The Balaban J connectivity index is 2.29. The normalized spacial score (nSPS) is 24.2. The number of nitrogens with zero attached hydrogens (tertiary/aromatic N) is 1. The summed E-state index contributed by atoms with van der Waals surface area (Å²) >= 11 is 5.70. The maximum Gasteiger partial charge on any atom is 0.0443 e. The maximum atomic E-state index is 5.70. The second-order valence-electron chi connectivity index (χ2n) is 4.41. The topological polar surface area (TPSA) is 3.24 Å². The first kappa shape index (κ1) is 11.1. The van der Waals surface area contributed by atoms with Crippen LogP contribution in [0.4, 0.5) is 0 Å². The number of hydrogen-bond donors (Lipinski definition) is 0. The van der Waals surface area contributed by atoms with Gasteiger partial charge in [0.1, 0.15) is 0 Å². The first-order chi connectivity index (χ1) is 6.13. The zero-order valence-electron chi connectivity index (χ0n) is 8.72. The van der Waals surface area contributed by atoms with Gasteiger partial charge in [0.2, 0.25) is 0 Å². The molecule has 2 heteroatoms. The van der Waals surface area contributed by atoms with Crippen LogP contribution >= 0.6 is 11.6 Å². The molecule has 76 valence electrons. The largest absolute Gasteiger partial charge is 0.299 e. The van der Waals surface area contributed by atoms with Crippen LogP contribution in [-0.2, 0) is 0 Å². The maximum absolute atomic E-state index is 5.70. The van der Waals surface area contributed by atoms with Gasteiger partial charge in [-0.3, -0.25) is 4.90 Å². The van der Waals surface area contributed by atoms with Crippen molar-refractivity contribution in [3.8, 4) is 0 Å². The molecule has 0 aromatic carbocycles. The quantitative estimate of drug-likeness (QED) is 0.500. The Morgan fingerprint density at radius 1 is 1.62 bits per heavy atom. The van der Waals surface area contributed by atoms with Crippen LogP contribution in [0.25, 0.3) is 0 Å². The van der Waals surface area contributed by atoms with Crippen molar-refractivity contribution >= 4 is 11.6 Å². The lowest BCUT2D eigenvalue weighted by atomic mass is 9.95. The molecule has 1 saturated heterocycles. The van der Waals surface area contributed by atoms with E-state index < -0.39 is 0 Å². The summed E-state index contributed by atoms with van der Waals surface area (Å²) in [5.41, 5.74) is 1.14. The van der Waals surface area contributed by atoms with Crippen LogP contribution < -0.4 is 0 Å². The Kier molecular flexibility index (Phi) is 4.27. The van der Waals surface area contributed by atoms with E-state index in [1.165, 1.54) is 19.5 Å². The van der Waals surface area contributed by atoms with Crippen LogP contribution in [0.2, 0.25) is 0 Å². The molecule has 0 bridgehead atoms. The lowest BCUT2D eigenvalue weighted by Gasteiger charge is -2.18. The fraction of sp³-hybridized carbons (Fsp3) is 0.818. The Labute approximate surface area is 86.8 Å². The third kappa shape index (κ3) is 3.32. The highest BCUT2D eigenvalue weighted by atomic mass is 35.5. The van der Waals surface area contributed by atoms with Gasteiger partial charge in [0.25, 0.3) is 0 Å². The monoisotopic (exact) mass is 201 g/mol. The molecule has 1 atom stereocenters. The molecule has 0 spiro atoms. The minimum absolute atomic E-state index is 0.600. The van der Waals surface area contributed by atoms with E-state index in [0.717, 1.165) is 24.0 Å². The Morgan fingerprint density at radius 2 is 2.31 bits per heavy atom. The van der Waals surface area contributed by atoms with E-state index in [1.54, 1.807) is 0 Å². The lowest BCUT2D eigenvalue weighted by Crippen LogP contribution is -2.24. The van der Waals surface area contributed by atoms with Crippen LogP contribution in [0.15, 0.2) is 12.2 Å². The molecule has 1 unspecified atom stereocenters. The van der Waals surface area contributed by atoms with Crippen molar-refractivity contribution in [3.63, 3.8) is 0 Å². The Hall–Kier alpha value is -0.0100. The zero-order valence-corrected chi connectivity index (χ0v) is 9.48. The third-order valence-electron chi connectivity index (χ3n) is 2.89. The van der Waals surface area contributed by atoms with E-state index in [4.69, 9.17) is 11.6 Å². The van der Waals surface area contributed by atoms with E-state index >= 15 is 0 Å². The molecule has 0 radical (unpaired) electrons. The molecule has 0 aromatic rings. The third-order valence-corrected chi connectivity index (χ3v) is 3.27. The highest BCUT2D eigenvalue weighted by Crippen LogP contribution is 2.23. The first-order valence-electron chi connectivity index (χ1n) is 5.08. The molecule has 0 N–H and O–H groups in total. The molecule has 0 saturated carbocycles. The van der Waals surface area contributed by atoms with Crippen molar-refractivity contribution in [2.24, 2.45) is 11.8 Å². The van der Waals surface area contributed by atoms with Crippen molar-refractivity contribution in [1.82, 2.24) is 4.90 Å². The van der Waals surface area contributed by atoms with E-state index in [-0.39, 0.29) is 0 Å². The molecule has 1 nitrogen and oxygen atoms in total. The molecule has 0 amide bonds. The fourth-order valence-electron chi connectivity index (χ4n) is 1.91. The average molecular weight is 202 g/mol. The van der Waals surface area contributed by atoms with Crippen molar-refractivity contribution in [1.29, 1.82) is 0 Å². The van der Waals surface area contributed by atoms with Gasteiger partial charge in [-0.25, -0.2) is 0 Å². The zero-order chi connectivity index (χ0) is 9.84. The molecular weight excluding hydrogens is 182 g/mol. The van der Waals surface area contributed by atoms with Gasteiger partial charge in [-0.15, -0.1) is 11.6 Å². The molecular formula is C11H20ClN. The number of alkyl halides is 1. The highest BCUT2D eigenvalue weighted by molar-refractivity contribution is 6.19. The summed E-state index contributed by atoms with van der Waals surface area (Å²) in [6.45, 7) is 12.0. The SMILES string of the molecule is C=C(CCl)CN1CCC(C(C)C)C1. The van der Waals surface area contributed by atoms with Crippen LogP contribution in [-0.4, -0.2) is 30.4 Å². The predicted molar refractivity (Wildman–Crippen MR) is 59.2 cm³/mol. The number of rotatable bonds is 4. The van der Waals surface area contributed by atoms with Gasteiger partial charge in [0.05, 0.1) is 0 Å². The van der Waals surface area contributed by atoms with Gasteiger partial charge in [0.15, 0.2) is 0 Å². The van der Waals surface area contributed by atoms with Gasteiger partial charge >= 0.3 is 0 Å². The molecule has 0 aromatic heterocycles. The second kappa shape index (κ2) is 5.02. The number of halogens is 1. The molecule has 1 rings (SSSR count). The molecule has 13 heavy (non-hydrogen) atoms. The van der Waals surface area contributed by atoms with Gasteiger partial charge in [-0.1, -0.05) is 20.4 Å². The highest BCUT2D eigenvalue weighted by Gasteiger charge is 2.24. The molecule has 1 heterocycles. The van der Waals surface area contributed by atoms with E-state index in [0.29, 0.717) is 5.88 Å². The first-order valence-corrected chi connectivity index (χ1v) is 5.62. The molecule has 1 fully saturated rings. The number of hydrogen-bond acceptors (Lipinski definition) is 1. The molecule has 1 aliphatic rings. The minimum Gasteiger partial charge on any atom is -0.299 e. The standard InChI is InChI=1S/C11H20ClN/c1-9(2)11-4-5-13(8-11)7-10(3)6-12/h9,11H,3-8H2,1-2H3. The smallest absolute Gasteiger partial charge is 0.0443 e. The van der Waals surface area contributed by atoms with Crippen LogP contribution in [0, 0.1) is 11.8 Å². The van der Waals surface area contributed by atoms with E-state index in [2.05, 4.69) is 25.3 Å². The molecule has 0 aliphatic carbocycles. The fourth-order valence-corrected chi connectivity index (χ4v) is 1.99. The second-order valence-corrected chi connectivity index (χ2v) is 4.68. The van der Waals surface area contributed by atoms with Crippen LogP contribution in [0.5, 0.6) is 0 Å². The van der Waals surface area contributed by atoms with Crippen LogP contribution in [0.1, 0.15) is 20.3 Å². The summed E-state index contributed by atoms with van der Waals surface area (Å²) in [6, 6.07) is 0. The van der Waals surface area contributed by atoms with Gasteiger partial charge in [0, 0.05) is 19.0 Å². The minimum atomic E-state index is 0.600. The van der Waals surface area contributed by atoms with Crippen molar-refractivity contribution in [3.05, 3.63) is 12.2 Å². The van der Waals surface area contributed by atoms with Crippen molar-refractivity contribution in [2.75, 3.05) is 25.5 Å². The Bertz CT molecular complexity index is 177. The number of likely N-dealkylation sites (tertiary alicyclic amines) is 1. The van der Waals surface area contributed by atoms with Gasteiger partial charge < -0.3 is 0 Å².